The van der Waals surface area contributed by atoms with Gasteiger partial charge in [-0.3, -0.25) is 4.79 Å². The third-order valence-electron chi connectivity index (χ3n) is 4.30. The van der Waals surface area contributed by atoms with E-state index < -0.39 is 11.7 Å². The molecule has 2 aromatic heterocycles. The van der Waals surface area contributed by atoms with Crippen LogP contribution in [-0.2, 0) is 0 Å². The van der Waals surface area contributed by atoms with Gasteiger partial charge in [-0.2, -0.15) is 10.4 Å². The molecule has 0 aliphatic carbocycles. The third kappa shape index (κ3) is 2.87. The Labute approximate surface area is 153 Å². The molecule has 0 bridgehead atoms. The first kappa shape index (κ1) is 16.7. The van der Waals surface area contributed by atoms with Gasteiger partial charge in [0.15, 0.2) is 17.3 Å². The Morgan fingerprint density at radius 2 is 1.96 bits per heavy atom. The largest absolute Gasteiger partial charge is 0.439 e. The number of hydrogen-bond donors (Lipinski definition) is 0. The molecule has 1 atom stereocenters. The van der Waals surface area contributed by atoms with E-state index >= 15 is 0 Å². The molecule has 132 valence electrons. The molecule has 0 saturated carbocycles. The Morgan fingerprint density at radius 1 is 1.22 bits per heavy atom. The molecule has 0 radical (unpaired) electrons. The predicted molar refractivity (Wildman–Crippen MR) is 95.0 cm³/mol. The van der Waals surface area contributed by atoms with Crippen LogP contribution in [0.3, 0.4) is 0 Å². The smallest absolute Gasteiger partial charge is 0.220 e. The zero-order chi connectivity index (χ0) is 19.0. The van der Waals surface area contributed by atoms with Crippen LogP contribution in [0.5, 0.6) is 0 Å². The monoisotopic (exact) mass is 360 g/mol. The van der Waals surface area contributed by atoms with Crippen molar-refractivity contribution in [3.63, 3.8) is 0 Å². The lowest BCUT2D eigenvalue weighted by Gasteiger charge is -2.06. The van der Waals surface area contributed by atoms with Crippen LogP contribution in [0.1, 0.15) is 27.9 Å². The summed E-state index contributed by atoms with van der Waals surface area (Å²) in [6.07, 6.45) is 1.40. The summed E-state index contributed by atoms with van der Waals surface area (Å²) in [4.78, 5) is 17.2. The number of para-hydroxylation sites is 2. The number of Topliss-reactive ketones (excluding diaryl/α,β-unsaturated/α-hetero) is 1. The molecule has 0 amide bonds. The molecule has 0 aliphatic rings. The van der Waals surface area contributed by atoms with Gasteiger partial charge in [-0.1, -0.05) is 12.1 Å². The average molecular weight is 360 g/mol. The van der Waals surface area contributed by atoms with Crippen LogP contribution in [-0.4, -0.2) is 20.5 Å². The van der Waals surface area contributed by atoms with E-state index in [0.717, 1.165) is 0 Å². The van der Waals surface area contributed by atoms with Crippen LogP contribution in [0, 0.1) is 24.1 Å². The van der Waals surface area contributed by atoms with Gasteiger partial charge < -0.3 is 4.42 Å². The summed E-state index contributed by atoms with van der Waals surface area (Å²) in [7, 11) is 0. The number of oxazole rings is 1. The fourth-order valence-electron chi connectivity index (χ4n) is 2.89. The van der Waals surface area contributed by atoms with Crippen LogP contribution in [0.15, 0.2) is 59.1 Å². The summed E-state index contributed by atoms with van der Waals surface area (Å²) >= 11 is 0. The fraction of sp³-hybridized carbons (Fsp3) is 0.100. The number of fused-ring (bicyclic) bond motifs is 1. The summed E-state index contributed by atoms with van der Waals surface area (Å²) in [5, 5.41) is 13.7. The molecule has 2 heterocycles. The normalized spacial score (nSPS) is 12.0. The van der Waals surface area contributed by atoms with Crippen LogP contribution in [0.2, 0.25) is 0 Å². The van der Waals surface area contributed by atoms with Gasteiger partial charge >= 0.3 is 0 Å². The van der Waals surface area contributed by atoms with E-state index in [1.54, 1.807) is 43.3 Å². The summed E-state index contributed by atoms with van der Waals surface area (Å²) < 4.78 is 20.2. The Kier molecular flexibility index (Phi) is 4.01. The minimum atomic E-state index is -1.18. The summed E-state index contributed by atoms with van der Waals surface area (Å²) in [5.74, 6) is -1.94. The van der Waals surface area contributed by atoms with Crippen molar-refractivity contribution in [2.45, 2.75) is 12.8 Å². The lowest BCUT2D eigenvalue weighted by molar-refractivity contribution is 0.0969. The maximum Gasteiger partial charge on any atom is 0.220 e. The Bertz CT molecular complexity index is 1150. The molecule has 7 heteroatoms. The number of nitrogens with zero attached hydrogens (tertiary/aromatic N) is 4. The Hall–Kier alpha value is -3.79. The number of halogens is 1. The Balaban J connectivity index is 1.71. The molecule has 0 aliphatic heterocycles. The lowest BCUT2D eigenvalue weighted by atomic mass is 9.99. The standard InChI is InChI=1S/C20H13FN4O2/c1-12-16(11-23-25(12)14-8-6-13(21)7-9-14)19(26)15(10-22)20-24-17-4-2-3-5-18(17)27-20/h2-9,11,15H,1H3/t15-/m1/s1. The molecule has 4 rings (SSSR count). The highest BCUT2D eigenvalue weighted by molar-refractivity contribution is 6.03. The lowest BCUT2D eigenvalue weighted by Crippen LogP contribution is -2.13. The van der Waals surface area contributed by atoms with E-state index in [2.05, 4.69) is 10.1 Å². The molecule has 2 aromatic carbocycles. The molecular weight excluding hydrogens is 347 g/mol. The van der Waals surface area contributed by atoms with E-state index in [4.69, 9.17) is 4.42 Å². The number of aromatic nitrogens is 3. The van der Waals surface area contributed by atoms with Gasteiger partial charge in [-0.25, -0.2) is 14.1 Å². The van der Waals surface area contributed by atoms with Crippen molar-refractivity contribution in [3.05, 3.63) is 77.7 Å². The zero-order valence-corrected chi connectivity index (χ0v) is 14.3. The number of benzene rings is 2. The minimum absolute atomic E-state index is 0.0534. The quantitative estimate of drug-likeness (QED) is 0.515. The second kappa shape index (κ2) is 6.50. The van der Waals surface area contributed by atoms with Gasteiger partial charge in [-0.05, 0) is 43.3 Å². The van der Waals surface area contributed by atoms with Crippen LogP contribution < -0.4 is 0 Å². The zero-order valence-electron chi connectivity index (χ0n) is 14.3. The van der Waals surface area contributed by atoms with E-state index in [1.807, 2.05) is 6.07 Å². The summed E-state index contributed by atoms with van der Waals surface area (Å²) in [5.41, 5.74) is 2.54. The van der Waals surface area contributed by atoms with E-state index in [0.29, 0.717) is 22.5 Å². The highest BCUT2D eigenvalue weighted by Crippen LogP contribution is 2.26. The van der Waals surface area contributed by atoms with Crippen molar-refractivity contribution in [1.82, 2.24) is 14.8 Å². The topological polar surface area (TPSA) is 84.7 Å². The number of carbonyl (C=O) groups is 1. The molecule has 0 unspecified atom stereocenters. The van der Waals surface area contributed by atoms with E-state index in [9.17, 15) is 14.4 Å². The fourth-order valence-corrected chi connectivity index (χ4v) is 2.89. The van der Waals surface area contributed by atoms with Crippen molar-refractivity contribution in [3.8, 4) is 11.8 Å². The second-order valence-electron chi connectivity index (χ2n) is 5.98. The molecule has 4 aromatic rings. The van der Waals surface area contributed by atoms with Crippen LogP contribution in [0.25, 0.3) is 16.8 Å². The minimum Gasteiger partial charge on any atom is -0.439 e. The van der Waals surface area contributed by atoms with Crippen LogP contribution >= 0.6 is 0 Å². The first-order valence-electron chi connectivity index (χ1n) is 8.18. The van der Waals surface area contributed by atoms with Crippen molar-refractivity contribution in [2.75, 3.05) is 0 Å². The molecule has 0 N–H and O–H groups in total. The van der Waals surface area contributed by atoms with Crippen molar-refractivity contribution in [1.29, 1.82) is 5.26 Å². The van der Waals surface area contributed by atoms with Crippen molar-refractivity contribution < 1.29 is 13.6 Å². The van der Waals surface area contributed by atoms with Crippen molar-refractivity contribution >= 4 is 16.9 Å². The van der Waals surface area contributed by atoms with Crippen LogP contribution in [0.4, 0.5) is 4.39 Å². The predicted octanol–water partition coefficient (Wildman–Crippen LogP) is 3.95. The first-order chi connectivity index (χ1) is 13.1. The van der Waals surface area contributed by atoms with Gasteiger partial charge in [0.05, 0.1) is 29.2 Å². The summed E-state index contributed by atoms with van der Waals surface area (Å²) in [6, 6.07) is 14.8. The van der Waals surface area contributed by atoms with Gasteiger partial charge in [0, 0.05) is 0 Å². The maximum atomic E-state index is 13.1. The number of hydrogen-bond acceptors (Lipinski definition) is 5. The SMILES string of the molecule is Cc1c(C(=O)[C@@H](C#N)c2nc3ccccc3o2)cnn1-c1ccc(F)cc1. The highest BCUT2D eigenvalue weighted by atomic mass is 19.1. The van der Waals surface area contributed by atoms with E-state index in [1.165, 1.54) is 23.0 Å². The van der Waals surface area contributed by atoms with Gasteiger partial charge in [-0.15, -0.1) is 0 Å². The highest BCUT2D eigenvalue weighted by Gasteiger charge is 2.29. The number of carbonyl (C=O) groups excluding carboxylic acids is 1. The number of rotatable bonds is 4. The molecular formula is C20H13FN4O2. The number of ketones is 1. The van der Waals surface area contributed by atoms with Crippen molar-refractivity contribution in [2.24, 2.45) is 0 Å². The van der Waals surface area contributed by atoms with Gasteiger partial charge in [0.2, 0.25) is 5.89 Å². The first-order valence-corrected chi connectivity index (χ1v) is 8.18. The van der Waals surface area contributed by atoms with Gasteiger partial charge in [0.25, 0.3) is 0 Å². The molecule has 0 spiro atoms. The molecule has 0 saturated heterocycles. The molecule has 6 nitrogen and oxygen atoms in total. The second-order valence-corrected chi connectivity index (χ2v) is 5.98. The number of nitriles is 1. The molecule has 27 heavy (non-hydrogen) atoms. The Morgan fingerprint density at radius 3 is 2.67 bits per heavy atom. The average Bonchev–Trinajstić information content (AvgIpc) is 3.26. The molecule has 0 fully saturated rings. The summed E-state index contributed by atoms with van der Waals surface area (Å²) in [6.45, 7) is 1.71. The maximum absolute atomic E-state index is 13.1. The third-order valence-corrected chi connectivity index (χ3v) is 4.30. The van der Waals surface area contributed by atoms with Gasteiger partial charge in [0.1, 0.15) is 11.3 Å². The van der Waals surface area contributed by atoms with E-state index in [-0.39, 0.29) is 17.3 Å².